The highest BCUT2D eigenvalue weighted by atomic mass is 16.5. The van der Waals surface area contributed by atoms with Crippen molar-refractivity contribution >= 4 is 16.9 Å². The van der Waals surface area contributed by atoms with Gasteiger partial charge in [0.15, 0.2) is 0 Å². The number of carbonyl (C=O) groups excluding carboxylic acids is 1. The zero-order valence-corrected chi connectivity index (χ0v) is 19.0. The topological polar surface area (TPSA) is 34.5 Å². The van der Waals surface area contributed by atoms with Crippen molar-refractivity contribution in [1.29, 1.82) is 0 Å². The Hall–Kier alpha value is -1.81. The Morgan fingerprint density at radius 2 is 1.73 bits per heavy atom. The minimum absolute atomic E-state index is 0.196. The number of nitrogens with zero attached hydrogens (tertiary/aromatic N) is 2. The lowest BCUT2D eigenvalue weighted by Gasteiger charge is -2.42. The van der Waals surface area contributed by atoms with Gasteiger partial charge >= 0.3 is 5.97 Å². The molecule has 2 fully saturated rings. The van der Waals surface area contributed by atoms with Gasteiger partial charge in [-0.05, 0) is 67.9 Å². The fourth-order valence-corrected chi connectivity index (χ4v) is 5.80. The molecule has 0 N–H and O–H groups in total. The second kappa shape index (κ2) is 9.55. The van der Waals surface area contributed by atoms with Crippen molar-refractivity contribution in [3.05, 3.63) is 36.0 Å². The molecule has 4 rings (SSSR count). The molecule has 1 aliphatic carbocycles. The van der Waals surface area contributed by atoms with Crippen LogP contribution in [0.1, 0.15) is 71.0 Å². The second-order valence-corrected chi connectivity index (χ2v) is 9.73. The first-order valence-corrected chi connectivity index (χ1v) is 12.0. The van der Waals surface area contributed by atoms with E-state index in [2.05, 4.69) is 53.6 Å². The van der Waals surface area contributed by atoms with Crippen LogP contribution in [0.2, 0.25) is 0 Å². The first-order valence-electron chi connectivity index (χ1n) is 12.0. The zero-order valence-electron chi connectivity index (χ0n) is 19.0. The summed E-state index contributed by atoms with van der Waals surface area (Å²) >= 11 is 0. The molecule has 2 heterocycles. The Kier molecular flexibility index (Phi) is 6.82. The Bertz CT molecular complexity index is 840. The summed E-state index contributed by atoms with van der Waals surface area (Å²) in [5.41, 5.74) is 2.62. The number of piperidine rings is 1. The summed E-state index contributed by atoms with van der Waals surface area (Å²) in [5, 5.41) is 1.30. The lowest BCUT2D eigenvalue weighted by Crippen LogP contribution is -2.44. The summed E-state index contributed by atoms with van der Waals surface area (Å²) in [5.74, 6) is 1.58. The van der Waals surface area contributed by atoms with Crippen LogP contribution < -0.4 is 0 Å². The molecular weight excluding hydrogens is 372 g/mol. The van der Waals surface area contributed by atoms with Crippen molar-refractivity contribution in [2.24, 2.45) is 11.8 Å². The quantitative estimate of drug-likeness (QED) is 0.582. The van der Waals surface area contributed by atoms with Gasteiger partial charge in [-0.2, -0.15) is 0 Å². The van der Waals surface area contributed by atoms with E-state index in [0.717, 1.165) is 24.3 Å². The number of likely N-dealkylation sites (tertiary alicyclic amines) is 1. The average molecular weight is 411 g/mol. The van der Waals surface area contributed by atoms with Gasteiger partial charge in [-0.15, -0.1) is 0 Å². The van der Waals surface area contributed by atoms with Gasteiger partial charge in [0.05, 0.1) is 6.61 Å². The highest BCUT2D eigenvalue weighted by Gasteiger charge is 2.31. The number of hydrogen-bond donors (Lipinski definition) is 0. The number of benzene rings is 1. The minimum Gasteiger partial charge on any atom is -0.465 e. The van der Waals surface area contributed by atoms with E-state index in [9.17, 15) is 4.79 Å². The highest BCUT2D eigenvalue weighted by Crippen LogP contribution is 2.36. The lowest BCUT2D eigenvalue weighted by atomic mass is 9.79. The number of rotatable bonds is 6. The van der Waals surface area contributed by atoms with Crippen molar-refractivity contribution in [2.75, 3.05) is 19.7 Å². The van der Waals surface area contributed by atoms with Gasteiger partial charge in [0.25, 0.3) is 0 Å². The molecule has 0 amide bonds. The van der Waals surface area contributed by atoms with Crippen molar-refractivity contribution in [3.63, 3.8) is 0 Å². The molecule has 0 spiro atoms. The summed E-state index contributed by atoms with van der Waals surface area (Å²) in [6, 6.07) is 12.3. The van der Waals surface area contributed by atoms with Crippen molar-refractivity contribution in [3.8, 4) is 0 Å². The van der Waals surface area contributed by atoms with E-state index in [0.29, 0.717) is 12.6 Å². The smallest absolute Gasteiger partial charge is 0.302 e. The molecule has 2 aliphatic rings. The van der Waals surface area contributed by atoms with Crippen molar-refractivity contribution in [2.45, 2.75) is 77.8 Å². The molecule has 0 atom stereocenters. The molecule has 4 nitrogen and oxygen atoms in total. The molecular formula is C26H38N2O2. The van der Waals surface area contributed by atoms with E-state index in [4.69, 9.17) is 4.74 Å². The maximum Gasteiger partial charge on any atom is 0.302 e. The van der Waals surface area contributed by atoms with Crippen LogP contribution in [0.25, 0.3) is 10.9 Å². The number of aromatic nitrogens is 1. The van der Waals surface area contributed by atoms with E-state index < -0.39 is 0 Å². The maximum atomic E-state index is 11.2. The third-order valence-electron chi connectivity index (χ3n) is 7.56. The fourth-order valence-electron chi connectivity index (χ4n) is 5.80. The Labute approximate surface area is 181 Å². The summed E-state index contributed by atoms with van der Waals surface area (Å²) < 4.78 is 7.79. The van der Waals surface area contributed by atoms with E-state index in [1.807, 2.05) is 0 Å². The molecule has 1 aromatic carbocycles. The van der Waals surface area contributed by atoms with Crippen LogP contribution >= 0.6 is 0 Å². The van der Waals surface area contributed by atoms with Gasteiger partial charge in [0.2, 0.25) is 0 Å². The molecule has 0 radical (unpaired) electrons. The Balaban J connectivity index is 1.42. The normalized spacial score (nSPS) is 23.9. The van der Waals surface area contributed by atoms with Crippen LogP contribution in [0.4, 0.5) is 0 Å². The average Bonchev–Trinajstić information content (AvgIpc) is 3.12. The Morgan fingerprint density at radius 3 is 2.40 bits per heavy atom. The molecule has 1 saturated heterocycles. The number of ether oxygens (including phenoxy) is 1. The van der Waals surface area contributed by atoms with E-state index >= 15 is 0 Å². The predicted octanol–water partition coefficient (Wildman–Crippen LogP) is 5.60. The van der Waals surface area contributed by atoms with Gasteiger partial charge in [-0.3, -0.25) is 4.79 Å². The van der Waals surface area contributed by atoms with E-state index in [1.54, 1.807) is 0 Å². The molecule has 1 aliphatic heterocycles. The molecule has 164 valence electrons. The number of para-hydroxylation sites is 1. The van der Waals surface area contributed by atoms with Gasteiger partial charge in [0, 0.05) is 49.7 Å². The molecule has 0 unspecified atom stereocenters. The monoisotopic (exact) mass is 410 g/mol. The number of hydrogen-bond acceptors (Lipinski definition) is 3. The summed E-state index contributed by atoms with van der Waals surface area (Å²) in [4.78, 5) is 14.0. The highest BCUT2D eigenvalue weighted by molar-refractivity contribution is 5.81. The summed E-state index contributed by atoms with van der Waals surface area (Å²) in [6.07, 6.45) is 8.79. The third-order valence-corrected chi connectivity index (χ3v) is 7.56. The van der Waals surface area contributed by atoms with Crippen LogP contribution in [-0.4, -0.2) is 41.2 Å². The SMILES string of the molecule is CC(=O)OCCc1cc2ccccc2n1C1CCN(C2CCC(C(C)C)CC2)CC1. The van der Waals surface area contributed by atoms with Gasteiger partial charge in [-0.1, -0.05) is 32.0 Å². The van der Waals surface area contributed by atoms with E-state index in [1.165, 1.54) is 75.1 Å². The number of fused-ring (bicyclic) bond motifs is 1. The number of carbonyl (C=O) groups is 1. The lowest BCUT2D eigenvalue weighted by molar-refractivity contribution is -0.140. The van der Waals surface area contributed by atoms with Gasteiger partial charge in [0.1, 0.15) is 0 Å². The van der Waals surface area contributed by atoms with Crippen molar-refractivity contribution < 1.29 is 9.53 Å². The van der Waals surface area contributed by atoms with Crippen LogP contribution in [0.15, 0.2) is 30.3 Å². The van der Waals surface area contributed by atoms with E-state index in [-0.39, 0.29) is 5.97 Å². The Morgan fingerprint density at radius 1 is 1.03 bits per heavy atom. The van der Waals surface area contributed by atoms with Gasteiger partial charge < -0.3 is 14.2 Å². The number of esters is 1. The predicted molar refractivity (Wildman–Crippen MR) is 123 cm³/mol. The van der Waals surface area contributed by atoms with Crippen LogP contribution in [0.3, 0.4) is 0 Å². The zero-order chi connectivity index (χ0) is 21.1. The molecule has 4 heteroatoms. The van der Waals surface area contributed by atoms with Crippen molar-refractivity contribution in [1.82, 2.24) is 9.47 Å². The van der Waals surface area contributed by atoms with Crippen LogP contribution in [0.5, 0.6) is 0 Å². The third kappa shape index (κ3) is 4.74. The summed E-state index contributed by atoms with van der Waals surface area (Å²) in [6.45, 7) is 9.13. The first kappa shape index (κ1) is 21.4. The fraction of sp³-hybridized carbons (Fsp3) is 0.654. The van der Waals surface area contributed by atoms with Crippen LogP contribution in [0, 0.1) is 11.8 Å². The van der Waals surface area contributed by atoms with Gasteiger partial charge in [-0.25, -0.2) is 0 Å². The minimum atomic E-state index is -0.196. The largest absolute Gasteiger partial charge is 0.465 e. The second-order valence-electron chi connectivity index (χ2n) is 9.73. The first-order chi connectivity index (χ1) is 14.5. The molecule has 30 heavy (non-hydrogen) atoms. The summed E-state index contributed by atoms with van der Waals surface area (Å²) in [7, 11) is 0. The molecule has 1 aromatic heterocycles. The molecule has 0 bridgehead atoms. The standard InChI is InChI=1S/C26H38N2O2/c1-19(2)21-8-10-23(11-9-21)27-15-12-24(13-16-27)28-25(14-17-30-20(3)29)18-22-6-4-5-7-26(22)28/h4-7,18-19,21,23-24H,8-17H2,1-3H3. The molecule has 2 aromatic rings. The maximum absolute atomic E-state index is 11.2. The molecule has 1 saturated carbocycles. The van der Waals surface area contributed by atoms with Crippen LogP contribution in [-0.2, 0) is 16.0 Å².